The van der Waals surface area contributed by atoms with Gasteiger partial charge in [0.15, 0.2) is 6.29 Å². The molecule has 18 heavy (non-hydrogen) atoms. The first-order valence-corrected chi connectivity index (χ1v) is 6.29. The molecule has 1 aromatic rings. The first-order valence-electron chi connectivity index (χ1n) is 6.29. The molecule has 4 nitrogen and oxygen atoms in total. The number of methoxy groups -OCH3 is 1. The van der Waals surface area contributed by atoms with Crippen LogP contribution in [0.4, 0.5) is 5.69 Å². The van der Waals surface area contributed by atoms with Crippen molar-refractivity contribution in [1.29, 1.82) is 0 Å². The Labute approximate surface area is 108 Å². The van der Waals surface area contributed by atoms with Crippen LogP contribution in [-0.4, -0.2) is 38.6 Å². The SMILES string of the molecule is COc1cccc(C=O)c1N1C[C@@H](C)N[C@@H](C)C1. The van der Waals surface area contributed by atoms with Crippen molar-refractivity contribution in [2.24, 2.45) is 0 Å². The van der Waals surface area contributed by atoms with E-state index >= 15 is 0 Å². The second-order valence-electron chi connectivity index (χ2n) is 4.89. The minimum Gasteiger partial charge on any atom is -0.495 e. The minimum absolute atomic E-state index is 0.401. The molecule has 1 N–H and O–H groups in total. The second-order valence-corrected chi connectivity index (χ2v) is 4.89. The van der Waals surface area contributed by atoms with Gasteiger partial charge in [-0.15, -0.1) is 0 Å². The van der Waals surface area contributed by atoms with Gasteiger partial charge in [-0.25, -0.2) is 0 Å². The molecule has 0 spiro atoms. The van der Waals surface area contributed by atoms with E-state index in [1.54, 1.807) is 7.11 Å². The third-order valence-corrected chi connectivity index (χ3v) is 3.25. The van der Waals surface area contributed by atoms with Crippen molar-refractivity contribution in [3.63, 3.8) is 0 Å². The predicted molar refractivity (Wildman–Crippen MR) is 72.7 cm³/mol. The fourth-order valence-electron chi connectivity index (χ4n) is 2.65. The Bertz CT molecular complexity index is 424. The molecular formula is C14H20N2O2. The molecule has 0 aliphatic carbocycles. The summed E-state index contributed by atoms with van der Waals surface area (Å²) in [5, 5.41) is 3.48. The average molecular weight is 248 g/mol. The molecule has 1 saturated heterocycles. The highest BCUT2D eigenvalue weighted by Crippen LogP contribution is 2.32. The topological polar surface area (TPSA) is 41.6 Å². The fraction of sp³-hybridized carbons (Fsp3) is 0.500. The van der Waals surface area contributed by atoms with Crippen LogP contribution in [0.1, 0.15) is 24.2 Å². The van der Waals surface area contributed by atoms with Crippen molar-refractivity contribution < 1.29 is 9.53 Å². The summed E-state index contributed by atoms with van der Waals surface area (Å²) in [6.07, 6.45) is 0.898. The number of benzene rings is 1. The number of para-hydroxylation sites is 1. The van der Waals surface area contributed by atoms with Crippen LogP contribution >= 0.6 is 0 Å². The van der Waals surface area contributed by atoms with Gasteiger partial charge in [0.25, 0.3) is 0 Å². The van der Waals surface area contributed by atoms with Crippen molar-refractivity contribution in [3.8, 4) is 5.75 Å². The minimum atomic E-state index is 0.401. The number of ether oxygens (including phenoxy) is 1. The molecule has 1 aliphatic heterocycles. The van der Waals surface area contributed by atoms with Crippen molar-refractivity contribution in [2.45, 2.75) is 25.9 Å². The van der Waals surface area contributed by atoms with Gasteiger partial charge in [-0.1, -0.05) is 6.07 Å². The first-order chi connectivity index (χ1) is 8.65. The predicted octanol–water partition coefficient (Wildman–Crippen LogP) is 1.69. The molecule has 0 radical (unpaired) electrons. The van der Waals surface area contributed by atoms with Crippen LogP contribution < -0.4 is 15.0 Å². The maximum Gasteiger partial charge on any atom is 0.152 e. The lowest BCUT2D eigenvalue weighted by atomic mass is 10.1. The number of nitrogens with one attached hydrogen (secondary N) is 1. The van der Waals surface area contributed by atoms with Crippen molar-refractivity contribution in [3.05, 3.63) is 23.8 Å². The van der Waals surface area contributed by atoms with Gasteiger partial charge in [-0.2, -0.15) is 0 Å². The highest BCUT2D eigenvalue weighted by molar-refractivity contribution is 5.87. The summed E-state index contributed by atoms with van der Waals surface area (Å²) in [6.45, 7) is 6.06. The number of piperazine rings is 1. The third-order valence-electron chi connectivity index (χ3n) is 3.25. The van der Waals surface area contributed by atoms with E-state index in [1.165, 1.54) is 0 Å². The van der Waals surface area contributed by atoms with Crippen LogP contribution in [0.2, 0.25) is 0 Å². The van der Waals surface area contributed by atoms with Gasteiger partial charge < -0.3 is 15.0 Å². The molecule has 0 amide bonds. The lowest BCUT2D eigenvalue weighted by Crippen LogP contribution is -2.54. The van der Waals surface area contributed by atoms with Gasteiger partial charge >= 0.3 is 0 Å². The quantitative estimate of drug-likeness (QED) is 0.827. The zero-order valence-electron chi connectivity index (χ0n) is 11.1. The Morgan fingerprint density at radius 3 is 2.56 bits per heavy atom. The molecule has 2 rings (SSSR count). The van der Waals surface area contributed by atoms with Crippen LogP contribution in [0.15, 0.2) is 18.2 Å². The monoisotopic (exact) mass is 248 g/mol. The molecule has 2 atom stereocenters. The van der Waals surface area contributed by atoms with E-state index in [4.69, 9.17) is 4.74 Å². The van der Waals surface area contributed by atoms with Gasteiger partial charge in [0.1, 0.15) is 5.75 Å². The highest BCUT2D eigenvalue weighted by Gasteiger charge is 2.25. The van der Waals surface area contributed by atoms with E-state index < -0.39 is 0 Å². The fourth-order valence-corrected chi connectivity index (χ4v) is 2.65. The lowest BCUT2D eigenvalue weighted by Gasteiger charge is -2.38. The Morgan fingerprint density at radius 2 is 2.00 bits per heavy atom. The highest BCUT2D eigenvalue weighted by atomic mass is 16.5. The van der Waals surface area contributed by atoms with Crippen LogP contribution in [0.5, 0.6) is 5.75 Å². The number of aldehydes is 1. The first kappa shape index (κ1) is 12.9. The Kier molecular flexibility index (Phi) is 3.87. The number of hydrogen-bond acceptors (Lipinski definition) is 4. The van der Waals surface area contributed by atoms with E-state index in [2.05, 4.69) is 24.1 Å². The second kappa shape index (κ2) is 5.40. The van der Waals surface area contributed by atoms with E-state index in [1.807, 2.05) is 18.2 Å². The maximum absolute atomic E-state index is 11.2. The molecule has 4 heteroatoms. The van der Waals surface area contributed by atoms with Crippen LogP contribution in [-0.2, 0) is 0 Å². The van der Waals surface area contributed by atoms with Crippen LogP contribution in [0, 0.1) is 0 Å². The average Bonchev–Trinajstić information content (AvgIpc) is 2.36. The largest absolute Gasteiger partial charge is 0.495 e. The maximum atomic E-state index is 11.2. The number of nitrogens with zero attached hydrogens (tertiary/aromatic N) is 1. The number of carbonyl (C=O) groups is 1. The number of carbonyl (C=O) groups excluding carboxylic acids is 1. The zero-order valence-corrected chi connectivity index (χ0v) is 11.1. The van der Waals surface area contributed by atoms with E-state index in [0.29, 0.717) is 17.6 Å². The smallest absolute Gasteiger partial charge is 0.152 e. The molecule has 0 saturated carbocycles. The molecule has 98 valence electrons. The van der Waals surface area contributed by atoms with Gasteiger partial charge in [0, 0.05) is 30.7 Å². The summed E-state index contributed by atoms with van der Waals surface area (Å²) in [7, 11) is 1.64. The summed E-state index contributed by atoms with van der Waals surface area (Å²) in [5.74, 6) is 0.765. The zero-order chi connectivity index (χ0) is 13.1. The van der Waals surface area contributed by atoms with Gasteiger partial charge in [0.2, 0.25) is 0 Å². The number of hydrogen-bond donors (Lipinski definition) is 1. The standard InChI is InChI=1S/C14H20N2O2/c1-10-7-16(8-11(2)15-10)14-12(9-17)5-4-6-13(14)18-3/h4-6,9-11,15H,7-8H2,1-3H3/t10-,11+. The molecule has 0 bridgehead atoms. The Hall–Kier alpha value is -1.55. The third kappa shape index (κ3) is 2.48. The van der Waals surface area contributed by atoms with Crippen molar-refractivity contribution >= 4 is 12.0 Å². The Balaban J connectivity index is 2.39. The van der Waals surface area contributed by atoms with E-state index in [-0.39, 0.29) is 0 Å². The normalized spacial score (nSPS) is 23.8. The van der Waals surface area contributed by atoms with Crippen LogP contribution in [0.3, 0.4) is 0 Å². The van der Waals surface area contributed by atoms with Crippen molar-refractivity contribution in [1.82, 2.24) is 5.32 Å². The van der Waals surface area contributed by atoms with Crippen LogP contribution in [0.25, 0.3) is 0 Å². The Morgan fingerprint density at radius 1 is 1.33 bits per heavy atom. The molecular weight excluding hydrogens is 228 g/mol. The number of rotatable bonds is 3. The molecule has 0 aromatic heterocycles. The van der Waals surface area contributed by atoms with Gasteiger partial charge in [-0.3, -0.25) is 4.79 Å². The summed E-state index contributed by atoms with van der Waals surface area (Å²) in [4.78, 5) is 13.4. The number of anilines is 1. The molecule has 1 fully saturated rings. The summed E-state index contributed by atoms with van der Waals surface area (Å²) in [5.41, 5.74) is 1.60. The van der Waals surface area contributed by atoms with Crippen molar-refractivity contribution in [2.75, 3.05) is 25.1 Å². The summed E-state index contributed by atoms with van der Waals surface area (Å²) < 4.78 is 5.39. The summed E-state index contributed by atoms with van der Waals surface area (Å²) >= 11 is 0. The van der Waals surface area contributed by atoms with Gasteiger partial charge in [-0.05, 0) is 26.0 Å². The lowest BCUT2D eigenvalue weighted by molar-refractivity contribution is 0.112. The molecule has 1 aliphatic rings. The van der Waals surface area contributed by atoms with E-state index in [9.17, 15) is 4.79 Å². The van der Waals surface area contributed by atoms with E-state index in [0.717, 1.165) is 30.8 Å². The molecule has 1 aromatic carbocycles. The molecule has 0 unspecified atom stereocenters. The summed E-state index contributed by atoms with van der Waals surface area (Å²) in [6, 6.07) is 6.39. The van der Waals surface area contributed by atoms with Gasteiger partial charge in [0.05, 0.1) is 12.8 Å². The molecule has 1 heterocycles.